The Morgan fingerprint density at radius 3 is 2.23 bits per heavy atom. The second kappa shape index (κ2) is 14.2. The number of amides is 4. The van der Waals surface area contributed by atoms with Crippen LogP contribution in [-0.4, -0.2) is 58.6 Å². The smallest absolute Gasteiger partial charge is 0.408 e. The second-order valence-electron chi connectivity index (χ2n) is 9.37. The Morgan fingerprint density at radius 1 is 1.09 bits per heavy atom. The van der Waals surface area contributed by atoms with Gasteiger partial charge in [0, 0.05) is 19.5 Å². The van der Waals surface area contributed by atoms with Gasteiger partial charge in [0.1, 0.15) is 23.4 Å². The molecule has 0 aliphatic rings. The van der Waals surface area contributed by atoms with E-state index >= 15 is 0 Å². The monoisotopic (exact) mass is 492 g/mol. The van der Waals surface area contributed by atoms with Crippen LogP contribution in [-0.2, 0) is 19.1 Å². The summed E-state index contributed by atoms with van der Waals surface area (Å²) in [5, 5.41) is 15.1. The number of nitrogens with one attached hydrogen (secondary N) is 2. The lowest BCUT2D eigenvalue weighted by atomic mass is 10.0. The van der Waals surface area contributed by atoms with Gasteiger partial charge < -0.3 is 31.1 Å². The minimum Gasteiger partial charge on any atom is -0.508 e. The molecule has 0 aliphatic heterocycles. The van der Waals surface area contributed by atoms with E-state index in [0.717, 1.165) is 12.8 Å². The number of aromatic hydroxyl groups is 1. The Morgan fingerprint density at radius 2 is 1.71 bits per heavy atom. The van der Waals surface area contributed by atoms with Crippen molar-refractivity contribution in [1.82, 2.24) is 15.5 Å². The molecule has 0 radical (unpaired) electrons. The van der Waals surface area contributed by atoms with Crippen LogP contribution in [0.4, 0.5) is 4.79 Å². The lowest BCUT2D eigenvalue weighted by Gasteiger charge is -2.34. The lowest BCUT2D eigenvalue weighted by Crippen LogP contribution is -2.53. The molecule has 0 spiro atoms. The summed E-state index contributed by atoms with van der Waals surface area (Å²) in [6, 6.07) is 3.91. The van der Waals surface area contributed by atoms with Crippen LogP contribution in [0.3, 0.4) is 0 Å². The van der Waals surface area contributed by atoms with Crippen molar-refractivity contribution in [2.45, 2.75) is 84.4 Å². The Labute approximate surface area is 207 Å². The normalized spacial score (nSPS) is 12.8. The summed E-state index contributed by atoms with van der Waals surface area (Å²) in [7, 11) is 0. The first-order chi connectivity index (χ1) is 16.4. The van der Waals surface area contributed by atoms with E-state index in [4.69, 9.17) is 10.5 Å². The number of rotatable bonds is 13. The van der Waals surface area contributed by atoms with Gasteiger partial charge in [-0.2, -0.15) is 0 Å². The minimum absolute atomic E-state index is 0.0261. The molecular weight excluding hydrogens is 452 g/mol. The molecule has 1 aromatic rings. The molecule has 0 bridgehead atoms. The number of carbonyl (C=O) groups excluding carboxylic acids is 4. The van der Waals surface area contributed by atoms with Crippen LogP contribution in [0, 0.1) is 0 Å². The molecule has 5 N–H and O–H groups in total. The Hall–Kier alpha value is -3.30. The van der Waals surface area contributed by atoms with Crippen molar-refractivity contribution in [2.24, 2.45) is 5.73 Å². The topological polar surface area (TPSA) is 151 Å². The molecule has 0 saturated heterocycles. The number of primary amides is 1. The minimum atomic E-state index is -1.13. The zero-order valence-electron chi connectivity index (χ0n) is 21.4. The van der Waals surface area contributed by atoms with E-state index in [1.807, 2.05) is 13.8 Å². The number of ether oxygens (including phenoxy) is 1. The van der Waals surface area contributed by atoms with E-state index in [9.17, 15) is 24.3 Å². The quantitative estimate of drug-likeness (QED) is 0.311. The summed E-state index contributed by atoms with van der Waals surface area (Å²) in [4.78, 5) is 52.3. The van der Waals surface area contributed by atoms with Crippen molar-refractivity contribution in [3.05, 3.63) is 29.8 Å². The number of alkyl carbamates (subject to hydrolysis) is 1. The fourth-order valence-corrected chi connectivity index (χ4v) is 3.42. The molecule has 0 fully saturated rings. The summed E-state index contributed by atoms with van der Waals surface area (Å²) in [5.74, 6) is -1.51. The molecule has 0 saturated carbocycles. The Kier molecular flexibility index (Phi) is 12.0. The van der Waals surface area contributed by atoms with Crippen LogP contribution < -0.4 is 16.4 Å². The molecule has 2 unspecified atom stereocenters. The zero-order valence-corrected chi connectivity index (χ0v) is 21.4. The third-order valence-electron chi connectivity index (χ3n) is 5.01. The third kappa shape index (κ3) is 10.7. The van der Waals surface area contributed by atoms with Crippen LogP contribution in [0.25, 0.3) is 0 Å². The summed E-state index contributed by atoms with van der Waals surface area (Å²) >= 11 is 0. The van der Waals surface area contributed by atoms with Crippen LogP contribution >= 0.6 is 0 Å². The fraction of sp³-hybridized carbons (Fsp3) is 0.600. The molecule has 10 heteroatoms. The number of nitrogens with two attached hydrogens (primary N) is 1. The van der Waals surface area contributed by atoms with Gasteiger partial charge in [0.2, 0.25) is 17.7 Å². The molecule has 0 heterocycles. The number of phenols is 1. The summed E-state index contributed by atoms with van der Waals surface area (Å²) < 4.78 is 5.29. The van der Waals surface area contributed by atoms with Crippen LogP contribution in [0.2, 0.25) is 0 Å². The standard InChI is InChI=1S/C25H40N4O6/c1-6-8-15-27-22(32)21(17-9-11-18(30)12-10-17)29(16-7-2)23(33)19(13-14-20(26)31)28-24(34)35-25(3,4)5/h9-12,19,21,30H,6-8,13-16H2,1-5H3,(H2,26,31)(H,27,32)(H,28,34). The van der Waals surface area contributed by atoms with Gasteiger partial charge in [-0.15, -0.1) is 0 Å². The van der Waals surface area contributed by atoms with Crippen molar-refractivity contribution >= 4 is 23.8 Å². The SMILES string of the molecule is CCCCNC(=O)C(c1ccc(O)cc1)N(CCC)C(=O)C(CCC(N)=O)NC(=O)OC(C)(C)C. The maximum atomic E-state index is 13.7. The first-order valence-electron chi connectivity index (χ1n) is 12.0. The number of carbonyl (C=O) groups is 4. The Balaban J connectivity index is 3.36. The van der Waals surface area contributed by atoms with Gasteiger partial charge in [-0.05, 0) is 57.7 Å². The van der Waals surface area contributed by atoms with Crippen molar-refractivity contribution in [3.63, 3.8) is 0 Å². The first kappa shape index (κ1) is 29.7. The van der Waals surface area contributed by atoms with E-state index in [-0.39, 0.29) is 31.0 Å². The van der Waals surface area contributed by atoms with Crippen LogP contribution in [0.5, 0.6) is 5.75 Å². The van der Waals surface area contributed by atoms with Gasteiger partial charge in [0.15, 0.2) is 0 Å². The number of benzene rings is 1. The average molecular weight is 493 g/mol. The molecule has 35 heavy (non-hydrogen) atoms. The lowest BCUT2D eigenvalue weighted by molar-refractivity contribution is -0.142. The van der Waals surface area contributed by atoms with Crippen molar-refractivity contribution in [1.29, 1.82) is 0 Å². The fourth-order valence-electron chi connectivity index (χ4n) is 3.42. The Bertz CT molecular complexity index is 851. The highest BCUT2D eigenvalue weighted by molar-refractivity contribution is 5.92. The average Bonchev–Trinajstić information content (AvgIpc) is 2.76. The highest BCUT2D eigenvalue weighted by Crippen LogP contribution is 2.25. The van der Waals surface area contributed by atoms with E-state index < -0.39 is 35.6 Å². The molecule has 2 atom stereocenters. The van der Waals surface area contributed by atoms with E-state index in [1.165, 1.54) is 17.0 Å². The maximum Gasteiger partial charge on any atom is 0.408 e. The van der Waals surface area contributed by atoms with Crippen molar-refractivity contribution in [3.8, 4) is 5.75 Å². The number of hydrogen-bond donors (Lipinski definition) is 4. The molecule has 4 amide bonds. The van der Waals surface area contributed by atoms with Gasteiger partial charge >= 0.3 is 6.09 Å². The molecule has 0 aliphatic carbocycles. The zero-order chi connectivity index (χ0) is 26.6. The summed E-state index contributed by atoms with van der Waals surface area (Å²) in [5.41, 5.74) is 5.00. The largest absolute Gasteiger partial charge is 0.508 e. The number of hydrogen-bond acceptors (Lipinski definition) is 6. The van der Waals surface area contributed by atoms with Gasteiger partial charge in [-0.3, -0.25) is 14.4 Å². The van der Waals surface area contributed by atoms with E-state index in [2.05, 4.69) is 10.6 Å². The second-order valence-corrected chi connectivity index (χ2v) is 9.37. The summed E-state index contributed by atoms with van der Waals surface area (Å²) in [6.07, 6.45) is 1.20. The molecule has 1 aromatic carbocycles. The van der Waals surface area contributed by atoms with E-state index in [0.29, 0.717) is 18.5 Å². The predicted molar refractivity (Wildman–Crippen MR) is 132 cm³/mol. The van der Waals surface area contributed by atoms with Gasteiger partial charge in [-0.25, -0.2) is 4.79 Å². The molecule has 10 nitrogen and oxygen atoms in total. The van der Waals surface area contributed by atoms with Gasteiger partial charge in [0.25, 0.3) is 0 Å². The third-order valence-corrected chi connectivity index (χ3v) is 5.01. The van der Waals surface area contributed by atoms with Crippen LogP contribution in [0.1, 0.15) is 78.3 Å². The van der Waals surface area contributed by atoms with Crippen LogP contribution in [0.15, 0.2) is 24.3 Å². The van der Waals surface area contributed by atoms with Gasteiger partial charge in [-0.1, -0.05) is 32.4 Å². The number of unbranched alkanes of at least 4 members (excludes halogenated alkanes) is 1. The molecule has 196 valence electrons. The predicted octanol–water partition coefficient (Wildman–Crippen LogP) is 2.75. The number of phenolic OH excluding ortho intramolecular Hbond substituents is 1. The number of nitrogens with zero attached hydrogens (tertiary/aromatic N) is 1. The molecule has 1 rings (SSSR count). The van der Waals surface area contributed by atoms with Gasteiger partial charge in [0.05, 0.1) is 0 Å². The summed E-state index contributed by atoms with van der Waals surface area (Å²) in [6.45, 7) is 9.60. The van der Waals surface area contributed by atoms with E-state index in [1.54, 1.807) is 32.9 Å². The highest BCUT2D eigenvalue weighted by Gasteiger charge is 2.35. The highest BCUT2D eigenvalue weighted by atomic mass is 16.6. The first-order valence-corrected chi connectivity index (χ1v) is 12.0. The molecular formula is C25H40N4O6. The molecule has 0 aromatic heterocycles. The van der Waals surface area contributed by atoms with Crippen molar-refractivity contribution < 1.29 is 29.0 Å². The van der Waals surface area contributed by atoms with Crippen molar-refractivity contribution in [2.75, 3.05) is 13.1 Å². The maximum absolute atomic E-state index is 13.7.